The number of benzene rings is 2. The number of nitrogens with zero attached hydrogens (tertiary/aromatic N) is 5. The number of para-hydroxylation sites is 1. The van der Waals surface area contributed by atoms with Crippen LogP contribution in [0.15, 0.2) is 53.6 Å². The van der Waals surface area contributed by atoms with Gasteiger partial charge in [-0.25, -0.2) is 13.4 Å². The molecule has 1 aromatic heterocycles. The first-order valence-electron chi connectivity index (χ1n) is 14.5. The maximum atomic E-state index is 12.9. The molecule has 0 spiro atoms. The maximum Gasteiger partial charge on any atom is 0.229 e. The van der Waals surface area contributed by atoms with E-state index in [0.29, 0.717) is 23.2 Å². The highest BCUT2D eigenvalue weighted by molar-refractivity contribution is 7.92. The second-order valence-electron chi connectivity index (χ2n) is 11.3. The highest BCUT2D eigenvalue weighted by atomic mass is 35.5. The second-order valence-corrected chi connectivity index (χ2v) is 14.8. The van der Waals surface area contributed by atoms with Crippen molar-refractivity contribution in [1.29, 1.82) is 0 Å². The molecule has 3 aromatic rings. The summed E-state index contributed by atoms with van der Waals surface area (Å²) in [6, 6.07) is 13.3. The Morgan fingerprint density at radius 2 is 1.79 bits per heavy atom. The van der Waals surface area contributed by atoms with Crippen LogP contribution in [0.4, 0.5) is 28.8 Å². The molecule has 2 N–H and O–H groups in total. The van der Waals surface area contributed by atoms with Crippen LogP contribution in [-0.2, 0) is 9.84 Å². The van der Waals surface area contributed by atoms with Crippen molar-refractivity contribution in [3.8, 4) is 5.75 Å². The fourth-order valence-electron chi connectivity index (χ4n) is 5.61. The van der Waals surface area contributed by atoms with Crippen molar-refractivity contribution in [3.63, 3.8) is 0 Å². The molecule has 13 heteroatoms. The highest BCUT2D eigenvalue weighted by Crippen LogP contribution is 2.35. The van der Waals surface area contributed by atoms with Crippen molar-refractivity contribution in [2.45, 2.75) is 48.3 Å². The Labute approximate surface area is 265 Å². The van der Waals surface area contributed by atoms with Crippen molar-refractivity contribution >= 4 is 62.9 Å². The van der Waals surface area contributed by atoms with Crippen molar-refractivity contribution in [3.05, 3.63) is 53.7 Å². The van der Waals surface area contributed by atoms with Crippen LogP contribution < -0.4 is 20.3 Å². The summed E-state index contributed by atoms with van der Waals surface area (Å²) in [4.78, 5) is 16.4. The van der Waals surface area contributed by atoms with Crippen molar-refractivity contribution in [1.82, 2.24) is 19.8 Å². The van der Waals surface area contributed by atoms with E-state index >= 15 is 0 Å². The average Bonchev–Trinajstić information content (AvgIpc) is 2.99. The Morgan fingerprint density at radius 3 is 2.49 bits per heavy atom. The van der Waals surface area contributed by atoms with Gasteiger partial charge in [-0.05, 0) is 58.0 Å². The molecule has 232 valence electrons. The zero-order chi connectivity index (χ0) is 30.7. The first kappa shape index (κ1) is 31.6. The van der Waals surface area contributed by atoms with Crippen LogP contribution in [0.25, 0.3) is 0 Å². The SMILES string of the molecule is COc1cc(N2CCC(N3CCN(C)CC3S)CC2)ccc1Nc1ncc(Cl)c(Nc2ccccc2S(=O)(=O)C(C)C)n1. The lowest BCUT2D eigenvalue weighted by Gasteiger charge is -2.45. The van der Waals surface area contributed by atoms with Crippen LogP contribution in [0.2, 0.25) is 5.02 Å². The number of nitrogens with one attached hydrogen (secondary N) is 2. The fraction of sp³-hybridized carbons (Fsp3) is 0.467. The number of methoxy groups -OCH3 is 1. The number of piperazine rings is 1. The Morgan fingerprint density at radius 1 is 1.05 bits per heavy atom. The van der Waals surface area contributed by atoms with Gasteiger partial charge in [0, 0.05) is 50.5 Å². The van der Waals surface area contributed by atoms with E-state index in [4.69, 9.17) is 29.0 Å². The molecule has 10 nitrogen and oxygen atoms in total. The maximum absolute atomic E-state index is 12.9. The van der Waals surface area contributed by atoms with E-state index in [-0.39, 0.29) is 27.1 Å². The number of piperidine rings is 1. The third kappa shape index (κ3) is 7.15. The van der Waals surface area contributed by atoms with Crippen LogP contribution in [0.5, 0.6) is 5.75 Å². The van der Waals surface area contributed by atoms with Crippen LogP contribution in [0.1, 0.15) is 26.7 Å². The molecule has 2 aliphatic rings. The first-order chi connectivity index (χ1) is 20.6. The Bertz CT molecular complexity index is 1530. The Balaban J connectivity index is 1.28. The van der Waals surface area contributed by atoms with Crippen molar-refractivity contribution in [2.24, 2.45) is 0 Å². The Hall–Kier alpha value is -2.77. The highest BCUT2D eigenvalue weighted by Gasteiger charge is 2.31. The van der Waals surface area contributed by atoms with E-state index in [1.54, 1.807) is 45.2 Å². The minimum atomic E-state index is -3.53. The van der Waals surface area contributed by atoms with Crippen molar-refractivity contribution < 1.29 is 13.2 Å². The zero-order valence-electron chi connectivity index (χ0n) is 25.0. The summed E-state index contributed by atoms with van der Waals surface area (Å²) in [7, 11) is 0.269. The van der Waals surface area contributed by atoms with Gasteiger partial charge in [-0.1, -0.05) is 23.7 Å². The van der Waals surface area contributed by atoms with Gasteiger partial charge in [0.05, 0.1) is 40.2 Å². The molecule has 43 heavy (non-hydrogen) atoms. The van der Waals surface area contributed by atoms with Crippen LogP contribution in [0.3, 0.4) is 0 Å². The molecule has 2 aromatic carbocycles. The quantitative estimate of drug-likeness (QED) is 0.266. The second kappa shape index (κ2) is 13.5. The molecular weight excluding hydrogens is 606 g/mol. The topological polar surface area (TPSA) is 103 Å². The van der Waals surface area contributed by atoms with Gasteiger partial charge in [-0.15, -0.1) is 0 Å². The monoisotopic (exact) mass is 645 g/mol. The van der Waals surface area contributed by atoms with E-state index < -0.39 is 15.1 Å². The molecule has 0 saturated carbocycles. The zero-order valence-corrected chi connectivity index (χ0v) is 27.5. The minimum absolute atomic E-state index is 0.185. The third-order valence-corrected chi connectivity index (χ3v) is 11.1. The summed E-state index contributed by atoms with van der Waals surface area (Å²) in [5, 5.41) is 6.29. The summed E-state index contributed by atoms with van der Waals surface area (Å²) in [6.45, 7) is 8.39. The van der Waals surface area contributed by atoms with E-state index in [0.717, 1.165) is 51.3 Å². The van der Waals surface area contributed by atoms with E-state index in [1.165, 1.54) is 6.20 Å². The number of halogens is 1. The standard InChI is InChI=1S/C30H40ClN7O3S2/c1-20(2)43(39,40)27-8-6-5-7-25(27)33-29-23(31)18-32-30(35-29)34-24-10-9-22(17-26(24)41-4)37-13-11-21(12-14-37)38-16-15-36(3)19-28(38)42/h5-10,17-18,20-21,28,42H,11-16,19H2,1-4H3,(H2,32,33,34,35). The number of sulfone groups is 1. The fourth-order valence-corrected chi connectivity index (χ4v) is 7.53. The molecule has 0 aliphatic carbocycles. The van der Waals surface area contributed by atoms with Gasteiger partial charge in [-0.3, -0.25) is 4.90 Å². The lowest BCUT2D eigenvalue weighted by Crippen LogP contribution is -2.55. The number of aromatic nitrogens is 2. The van der Waals surface area contributed by atoms with Gasteiger partial charge in [0.25, 0.3) is 0 Å². The number of anilines is 5. The third-order valence-electron chi connectivity index (χ3n) is 8.14. The largest absolute Gasteiger partial charge is 0.494 e. The molecule has 2 fully saturated rings. The van der Waals surface area contributed by atoms with E-state index in [2.05, 4.69) is 48.4 Å². The number of ether oxygens (including phenoxy) is 1. The molecule has 1 unspecified atom stereocenters. The smallest absolute Gasteiger partial charge is 0.229 e. The van der Waals surface area contributed by atoms with Gasteiger partial charge in [-0.2, -0.15) is 17.6 Å². The van der Waals surface area contributed by atoms with Gasteiger partial charge in [0.15, 0.2) is 15.7 Å². The molecule has 3 heterocycles. The van der Waals surface area contributed by atoms with Crippen LogP contribution >= 0.6 is 24.2 Å². The number of thiol groups is 1. The Kier molecular flexibility index (Phi) is 9.92. The summed E-state index contributed by atoms with van der Waals surface area (Å²) >= 11 is 11.3. The lowest BCUT2D eigenvalue weighted by atomic mass is 10.0. The molecule has 5 rings (SSSR count). The van der Waals surface area contributed by atoms with E-state index in [9.17, 15) is 8.42 Å². The van der Waals surface area contributed by atoms with Gasteiger partial charge in [0.1, 0.15) is 10.8 Å². The van der Waals surface area contributed by atoms with Gasteiger partial charge in [0.2, 0.25) is 5.95 Å². The van der Waals surface area contributed by atoms with Crippen LogP contribution in [-0.4, -0.2) is 91.7 Å². The molecule has 2 aliphatic heterocycles. The normalized spacial score (nSPS) is 19.0. The molecular formula is C30H40ClN7O3S2. The lowest BCUT2D eigenvalue weighted by molar-refractivity contribution is 0.0831. The molecule has 1 atom stereocenters. The first-order valence-corrected chi connectivity index (χ1v) is 17.0. The summed E-state index contributed by atoms with van der Waals surface area (Å²) in [6.07, 6.45) is 3.66. The summed E-state index contributed by atoms with van der Waals surface area (Å²) in [5.41, 5.74) is 2.20. The summed E-state index contributed by atoms with van der Waals surface area (Å²) < 4.78 is 31.6. The number of rotatable bonds is 9. The minimum Gasteiger partial charge on any atom is -0.494 e. The van der Waals surface area contributed by atoms with Crippen molar-refractivity contribution in [2.75, 3.05) is 62.4 Å². The molecule has 0 amide bonds. The number of hydrogen-bond acceptors (Lipinski definition) is 11. The van der Waals surface area contributed by atoms with Gasteiger partial charge < -0.3 is 25.2 Å². The summed E-state index contributed by atoms with van der Waals surface area (Å²) in [5.74, 6) is 1.24. The van der Waals surface area contributed by atoms with E-state index in [1.807, 2.05) is 12.1 Å². The predicted molar refractivity (Wildman–Crippen MR) is 178 cm³/mol. The average molecular weight is 646 g/mol. The molecule has 0 radical (unpaired) electrons. The predicted octanol–water partition coefficient (Wildman–Crippen LogP) is 5.28. The number of hydrogen-bond donors (Lipinski definition) is 3. The van der Waals surface area contributed by atoms with Gasteiger partial charge >= 0.3 is 0 Å². The molecule has 0 bridgehead atoms. The van der Waals surface area contributed by atoms with Crippen LogP contribution in [0, 0.1) is 0 Å². The number of likely N-dealkylation sites (N-methyl/N-ethyl adjacent to an activating group) is 1. The molecule has 2 saturated heterocycles.